The van der Waals surface area contributed by atoms with Crippen LogP contribution in [0.1, 0.15) is 5.69 Å². The maximum absolute atomic E-state index is 11.6. The molecule has 17 heavy (non-hydrogen) atoms. The number of rotatable bonds is 2. The van der Waals surface area contributed by atoms with Crippen molar-refractivity contribution in [3.63, 3.8) is 0 Å². The number of nitrogens with zero attached hydrogens (tertiary/aromatic N) is 2. The molecule has 0 radical (unpaired) electrons. The van der Waals surface area contributed by atoms with Gasteiger partial charge in [0.2, 0.25) is 0 Å². The summed E-state index contributed by atoms with van der Waals surface area (Å²) in [5.41, 5.74) is 1.46. The van der Waals surface area contributed by atoms with Gasteiger partial charge >= 0.3 is 6.03 Å². The van der Waals surface area contributed by atoms with E-state index in [9.17, 15) is 4.79 Å². The van der Waals surface area contributed by atoms with Crippen molar-refractivity contribution in [2.24, 2.45) is 0 Å². The lowest BCUT2D eigenvalue weighted by molar-refractivity contribution is 0.262. The Balaban J connectivity index is 1.98. The van der Waals surface area contributed by atoms with Crippen LogP contribution in [0.4, 0.5) is 15.5 Å². The number of carbonyl (C=O) groups is 1. The molecule has 0 aliphatic heterocycles. The molecule has 0 spiro atoms. The molecule has 0 fully saturated rings. The Kier molecular flexibility index (Phi) is 3.55. The Hall–Kier alpha value is -1.66. The molecule has 0 unspecified atom stereocenters. The summed E-state index contributed by atoms with van der Waals surface area (Å²) in [4.78, 5) is 15.4. The summed E-state index contributed by atoms with van der Waals surface area (Å²) in [5, 5.41) is 6.34. The minimum Gasteiger partial charge on any atom is -0.308 e. The zero-order valence-corrected chi connectivity index (χ0v) is 10.5. The van der Waals surface area contributed by atoms with Crippen molar-refractivity contribution in [3.05, 3.63) is 35.2 Å². The first-order chi connectivity index (χ1) is 8.13. The highest BCUT2D eigenvalue weighted by Gasteiger charge is 2.05. The third-order valence-electron chi connectivity index (χ3n) is 1.85. The van der Waals surface area contributed by atoms with Crippen LogP contribution < -0.4 is 10.6 Å². The van der Waals surface area contributed by atoms with Crippen molar-refractivity contribution in [1.29, 1.82) is 0 Å². The van der Waals surface area contributed by atoms with Gasteiger partial charge < -0.3 is 5.32 Å². The summed E-state index contributed by atoms with van der Waals surface area (Å²) in [6.07, 6.45) is 1.52. The number of aryl methyl sites for hydroxylation is 1. The monoisotopic (exact) mass is 268 g/mol. The zero-order chi connectivity index (χ0) is 12.3. The Labute approximate surface area is 107 Å². The van der Waals surface area contributed by atoms with E-state index in [4.69, 9.17) is 11.6 Å². The number of hydrogen-bond acceptors (Lipinski definition) is 4. The highest BCUT2D eigenvalue weighted by Crippen LogP contribution is 2.16. The Morgan fingerprint density at radius 1 is 1.41 bits per heavy atom. The SMILES string of the molecule is Cc1cc(NC(=O)Nc2ccnc(Cl)c2)sn1. The molecule has 7 heteroatoms. The Morgan fingerprint density at radius 2 is 2.24 bits per heavy atom. The van der Waals surface area contributed by atoms with Crippen LogP contribution in [0.3, 0.4) is 0 Å². The Morgan fingerprint density at radius 3 is 2.88 bits per heavy atom. The number of amides is 2. The summed E-state index contributed by atoms with van der Waals surface area (Å²) >= 11 is 6.93. The van der Waals surface area contributed by atoms with E-state index < -0.39 is 0 Å². The summed E-state index contributed by atoms with van der Waals surface area (Å²) in [6.45, 7) is 1.86. The van der Waals surface area contributed by atoms with E-state index in [1.165, 1.54) is 17.7 Å². The lowest BCUT2D eigenvalue weighted by Gasteiger charge is -2.05. The first-order valence-corrected chi connectivity index (χ1v) is 5.91. The van der Waals surface area contributed by atoms with E-state index in [0.29, 0.717) is 15.8 Å². The van der Waals surface area contributed by atoms with E-state index >= 15 is 0 Å². The van der Waals surface area contributed by atoms with Crippen LogP contribution in [0.5, 0.6) is 0 Å². The molecule has 0 atom stereocenters. The summed E-state index contributed by atoms with van der Waals surface area (Å²) in [6, 6.07) is 4.68. The predicted molar refractivity (Wildman–Crippen MR) is 68.7 cm³/mol. The molecule has 0 aliphatic carbocycles. The number of anilines is 2. The van der Waals surface area contributed by atoms with Gasteiger partial charge in [0.25, 0.3) is 0 Å². The summed E-state index contributed by atoms with van der Waals surface area (Å²) in [7, 11) is 0. The van der Waals surface area contributed by atoms with Crippen molar-refractivity contribution >= 4 is 39.9 Å². The standard InChI is InChI=1S/C10H9ClN4OS/c1-6-4-9(17-15-6)14-10(16)13-7-2-3-12-8(11)5-7/h2-5H,1H3,(H2,12,13,14,16). The van der Waals surface area contributed by atoms with Gasteiger partial charge in [-0.1, -0.05) is 11.6 Å². The van der Waals surface area contributed by atoms with Crippen LogP contribution in [0, 0.1) is 6.92 Å². The number of carbonyl (C=O) groups excluding carboxylic acids is 1. The second-order valence-electron chi connectivity index (χ2n) is 3.28. The second-order valence-corrected chi connectivity index (χ2v) is 4.47. The average molecular weight is 269 g/mol. The van der Waals surface area contributed by atoms with Gasteiger partial charge in [0, 0.05) is 11.9 Å². The second kappa shape index (κ2) is 5.11. The number of halogens is 1. The van der Waals surface area contributed by atoms with Crippen molar-refractivity contribution in [2.75, 3.05) is 10.6 Å². The van der Waals surface area contributed by atoms with Gasteiger partial charge in [0.15, 0.2) is 0 Å². The van der Waals surface area contributed by atoms with Crippen molar-refractivity contribution in [3.8, 4) is 0 Å². The van der Waals surface area contributed by atoms with Gasteiger partial charge in [-0.3, -0.25) is 5.32 Å². The Bertz CT molecular complexity index is 543. The zero-order valence-electron chi connectivity index (χ0n) is 8.90. The molecule has 2 rings (SSSR count). The predicted octanol–water partition coefficient (Wildman–Crippen LogP) is 3.14. The fourth-order valence-corrected chi connectivity index (χ4v) is 2.01. The molecule has 0 aliphatic rings. The molecule has 5 nitrogen and oxygen atoms in total. The largest absolute Gasteiger partial charge is 0.324 e. The van der Waals surface area contributed by atoms with Crippen LogP contribution in [0.25, 0.3) is 0 Å². The molecule has 2 aromatic heterocycles. The smallest absolute Gasteiger partial charge is 0.308 e. The number of urea groups is 1. The molecule has 2 N–H and O–H groups in total. The average Bonchev–Trinajstić information content (AvgIpc) is 2.63. The van der Waals surface area contributed by atoms with Crippen LogP contribution >= 0.6 is 23.1 Å². The first kappa shape index (κ1) is 11.8. The third kappa shape index (κ3) is 3.40. The van der Waals surface area contributed by atoms with Gasteiger partial charge in [-0.05, 0) is 36.7 Å². The lowest BCUT2D eigenvalue weighted by atomic mass is 10.4. The van der Waals surface area contributed by atoms with Gasteiger partial charge in [0.05, 0.1) is 5.69 Å². The van der Waals surface area contributed by atoms with Crippen LogP contribution in [0.2, 0.25) is 5.15 Å². The van der Waals surface area contributed by atoms with Gasteiger partial charge in [-0.25, -0.2) is 9.78 Å². The quantitative estimate of drug-likeness (QED) is 0.822. The molecule has 0 bridgehead atoms. The molecule has 0 saturated heterocycles. The van der Waals surface area contributed by atoms with Crippen LogP contribution in [-0.4, -0.2) is 15.4 Å². The molecule has 2 heterocycles. The molecule has 2 aromatic rings. The van der Waals surface area contributed by atoms with Gasteiger partial charge in [-0.15, -0.1) is 0 Å². The fraction of sp³-hybridized carbons (Fsp3) is 0.100. The number of pyridine rings is 1. The van der Waals surface area contributed by atoms with Crippen molar-refractivity contribution in [1.82, 2.24) is 9.36 Å². The van der Waals surface area contributed by atoms with Gasteiger partial charge in [-0.2, -0.15) is 4.37 Å². The van der Waals surface area contributed by atoms with E-state index in [-0.39, 0.29) is 6.03 Å². The molecule has 0 aromatic carbocycles. The molecular weight excluding hydrogens is 260 g/mol. The minimum atomic E-state index is -0.337. The first-order valence-electron chi connectivity index (χ1n) is 4.76. The summed E-state index contributed by atoms with van der Waals surface area (Å²) < 4.78 is 4.06. The lowest BCUT2D eigenvalue weighted by Crippen LogP contribution is -2.18. The number of hydrogen-bond donors (Lipinski definition) is 2. The van der Waals surface area contributed by atoms with E-state index in [0.717, 1.165) is 5.69 Å². The highest BCUT2D eigenvalue weighted by molar-refractivity contribution is 7.10. The molecule has 0 saturated carbocycles. The topological polar surface area (TPSA) is 66.9 Å². The maximum Gasteiger partial charge on any atom is 0.324 e. The fourth-order valence-electron chi connectivity index (χ4n) is 1.18. The number of nitrogens with one attached hydrogen (secondary N) is 2. The maximum atomic E-state index is 11.6. The van der Waals surface area contributed by atoms with Gasteiger partial charge in [0.1, 0.15) is 10.2 Å². The van der Waals surface area contributed by atoms with E-state index in [2.05, 4.69) is 20.0 Å². The van der Waals surface area contributed by atoms with E-state index in [1.54, 1.807) is 18.2 Å². The highest BCUT2D eigenvalue weighted by atomic mass is 35.5. The third-order valence-corrected chi connectivity index (χ3v) is 2.85. The summed E-state index contributed by atoms with van der Waals surface area (Å²) in [5.74, 6) is 0. The normalized spacial score (nSPS) is 10.0. The van der Waals surface area contributed by atoms with Crippen molar-refractivity contribution < 1.29 is 4.79 Å². The number of aromatic nitrogens is 2. The molecular formula is C10H9ClN4OS. The van der Waals surface area contributed by atoms with E-state index in [1.807, 2.05) is 6.92 Å². The van der Waals surface area contributed by atoms with Crippen molar-refractivity contribution in [2.45, 2.75) is 6.92 Å². The molecule has 2 amide bonds. The van der Waals surface area contributed by atoms with Crippen LogP contribution in [0.15, 0.2) is 24.4 Å². The minimum absolute atomic E-state index is 0.330. The molecule has 88 valence electrons. The van der Waals surface area contributed by atoms with Crippen LogP contribution in [-0.2, 0) is 0 Å².